The summed E-state index contributed by atoms with van der Waals surface area (Å²) in [6, 6.07) is 64.9. The zero-order valence-electron chi connectivity index (χ0n) is 27.1. The van der Waals surface area contributed by atoms with E-state index in [2.05, 4.69) is 167 Å². The van der Waals surface area contributed by atoms with Crippen LogP contribution in [0, 0.1) is 0 Å². The molecule has 2 aromatic heterocycles. The van der Waals surface area contributed by atoms with Gasteiger partial charge in [0.1, 0.15) is 5.52 Å². The summed E-state index contributed by atoms with van der Waals surface area (Å²) in [6.07, 6.45) is 0. The Balaban J connectivity index is 1.18. The highest BCUT2D eigenvalue weighted by molar-refractivity contribution is 6.11. The smallest absolute Gasteiger partial charge is 0.227 e. The van der Waals surface area contributed by atoms with Gasteiger partial charge in [0, 0.05) is 22.2 Å². The highest BCUT2D eigenvalue weighted by Gasteiger charge is 2.22. The molecule has 0 bridgehead atoms. The van der Waals surface area contributed by atoms with Crippen LogP contribution in [0.5, 0.6) is 0 Å². The molecule has 3 heteroatoms. The van der Waals surface area contributed by atoms with Gasteiger partial charge < -0.3 is 8.98 Å². The highest BCUT2D eigenvalue weighted by atomic mass is 16.3. The van der Waals surface area contributed by atoms with Crippen LogP contribution in [0.15, 0.2) is 186 Å². The predicted molar refractivity (Wildman–Crippen MR) is 208 cm³/mol. The lowest BCUT2D eigenvalue weighted by molar-refractivity contribution is 0.620. The molecule has 0 saturated heterocycles. The molecule has 0 spiro atoms. The summed E-state index contributed by atoms with van der Waals surface area (Å²) in [5, 5.41) is 6.07. The van der Waals surface area contributed by atoms with Gasteiger partial charge in [-0.2, -0.15) is 0 Å². The standard InChI is InChI=1S/C47H30N2O/c1-3-12-33(13-4-1)45-41-29-39-27-37(32-19-21-35(22-20-32)47-48-42-17-9-10-18-44(42)50-47)23-24-38(39)30-43(41)49(46(45)34-14-5-2-6-15-34)40-26-25-31-11-7-8-16-36(31)28-40/h1-30H. The SMILES string of the molecule is c1ccc(-c2c(-c3ccccc3)n(-c3ccc4ccccc4c3)c3cc4ccc(-c5ccc(-c6nc7ccccc7o6)cc5)cc4cc23)cc1. The van der Waals surface area contributed by atoms with Gasteiger partial charge in [0.15, 0.2) is 5.58 Å². The van der Waals surface area contributed by atoms with Crippen molar-refractivity contribution in [3.05, 3.63) is 182 Å². The molecular weight excluding hydrogens is 609 g/mol. The molecule has 0 radical (unpaired) electrons. The molecular formula is C47H30N2O. The summed E-state index contributed by atoms with van der Waals surface area (Å²) >= 11 is 0. The molecule has 0 amide bonds. The second-order valence-electron chi connectivity index (χ2n) is 12.8. The minimum Gasteiger partial charge on any atom is -0.436 e. The average molecular weight is 639 g/mol. The largest absolute Gasteiger partial charge is 0.436 e. The van der Waals surface area contributed by atoms with E-state index in [0.29, 0.717) is 5.89 Å². The number of aromatic nitrogens is 2. The predicted octanol–water partition coefficient (Wildman–Crippen LogP) is 12.7. The number of nitrogens with zero attached hydrogens (tertiary/aromatic N) is 2. The molecule has 10 rings (SSSR count). The summed E-state index contributed by atoms with van der Waals surface area (Å²) < 4.78 is 8.49. The van der Waals surface area contributed by atoms with Gasteiger partial charge in [0.2, 0.25) is 5.89 Å². The average Bonchev–Trinajstić information content (AvgIpc) is 3.77. The van der Waals surface area contributed by atoms with Crippen LogP contribution in [0.4, 0.5) is 0 Å². The van der Waals surface area contributed by atoms with Crippen molar-refractivity contribution in [1.29, 1.82) is 0 Å². The van der Waals surface area contributed by atoms with Crippen molar-refractivity contribution >= 4 is 43.5 Å². The maximum absolute atomic E-state index is 6.03. The lowest BCUT2D eigenvalue weighted by Crippen LogP contribution is -1.98. The maximum Gasteiger partial charge on any atom is 0.227 e. The second kappa shape index (κ2) is 11.5. The summed E-state index contributed by atoms with van der Waals surface area (Å²) in [6.45, 7) is 0. The minimum atomic E-state index is 0.636. The molecule has 8 aromatic carbocycles. The fourth-order valence-corrected chi connectivity index (χ4v) is 7.36. The van der Waals surface area contributed by atoms with Crippen molar-refractivity contribution in [3.8, 4) is 50.7 Å². The van der Waals surface area contributed by atoms with Crippen LogP contribution in [0.1, 0.15) is 0 Å². The van der Waals surface area contributed by atoms with Gasteiger partial charge in [-0.15, -0.1) is 0 Å². The number of fused-ring (bicyclic) bond motifs is 4. The molecule has 0 unspecified atom stereocenters. The maximum atomic E-state index is 6.03. The Morgan fingerprint density at radius 1 is 0.420 bits per heavy atom. The molecule has 3 nitrogen and oxygen atoms in total. The number of oxazole rings is 1. The Labute approximate surface area is 289 Å². The van der Waals surface area contributed by atoms with Crippen LogP contribution in [0.2, 0.25) is 0 Å². The molecule has 50 heavy (non-hydrogen) atoms. The van der Waals surface area contributed by atoms with Gasteiger partial charge in [0.05, 0.1) is 11.2 Å². The van der Waals surface area contributed by atoms with Gasteiger partial charge in [-0.05, 0) is 98.4 Å². The Kier molecular flexibility index (Phi) is 6.49. The number of hydrogen-bond acceptors (Lipinski definition) is 2. The number of benzene rings is 8. The van der Waals surface area contributed by atoms with Crippen LogP contribution in [-0.4, -0.2) is 9.55 Å². The van der Waals surface area contributed by atoms with Crippen LogP contribution in [0.25, 0.3) is 94.2 Å². The first-order valence-electron chi connectivity index (χ1n) is 17.0. The topological polar surface area (TPSA) is 31.0 Å². The van der Waals surface area contributed by atoms with Gasteiger partial charge >= 0.3 is 0 Å². The molecule has 0 aliphatic heterocycles. The Morgan fingerprint density at radius 3 is 1.86 bits per heavy atom. The van der Waals surface area contributed by atoms with Gasteiger partial charge in [0.25, 0.3) is 0 Å². The monoisotopic (exact) mass is 638 g/mol. The molecule has 234 valence electrons. The first-order chi connectivity index (χ1) is 24.8. The Hall–Kier alpha value is -6.71. The van der Waals surface area contributed by atoms with E-state index in [1.54, 1.807) is 0 Å². The summed E-state index contributed by atoms with van der Waals surface area (Å²) in [4.78, 5) is 4.69. The molecule has 10 aromatic rings. The van der Waals surface area contributed by atoms with Crippen molar-refractivity contribution in [2.24, 2.45) is 0 Å². The van der Waals surface area contributed by atoms with Crippen LogP contribution in [-0.2, 0) is 0 Å². The zero-order valence-corrected chi connectivity index (χ0v) is 27.1. The fraction of sp³-hybridized carbons (Fsp3) is 0. The van der Waals surface area contributed by atoms with E-state index < -0.39 is 0 Å². The lowest BCUT2D eigenvalue weighted by atomic mass is 9.95. The minimum absolute atomic E-state index is 0.636. The lowest BCUT2D eigenvalue weighted by Gasteiger charge is -2.14. The number of hydrogen-bond donors (Lipinski definition) is 0. The fourth-order valence-electron chi connectivity index (χ4n) is 7.36. The summed E-state index contributed by atoms with van der Waals surface area (Å²) in [7, 11) is 0. The molecule has 0 aliphatic rings. The van der Waals surface area contributed by atoms with Crippen molar-refractivity contribution in [1.82, 2.24) is 9.55 Å². The third kappa shape index (κ3) is 4.71. The quantitative estimate of drug-likeness (QED) is 0.188. The first-order valence-corrected chi connectivity index (χ1v) is 17.0. The van der Waals surface area contributed by atoms with Crippen LogP contribution >= 0.6 is 0 Å². The molecule has 0 N–H and O–H groups in total. The van der Waals surface area contributed by atoms with Crippen molar-refractivity contribution in [3.63, 3.8) is 0 Å². The number of para-hydroxylation sites is 2. The third-order valence-electron chi connectivity index (χ3n) is 9.79. The van der Waals surface area contributed by atoms with Crippen LogP contribution in [0.3, 0.4) is 0 Å². The second-order valence-corrected chi connectivity index (χ2v) is 12.8. The van der Waals surface area contributed by atoms with E-state index in [1.165, 1.54) is 60.4 Å². The first kappa shape index (κ1) is 28.3. The van der Waals surface area contributed by atoms with Gasteiger partial charge in [-0.3, -0.25) is 0 Å². The zero-order chi connectivity index (χ0) is 33.0. The third-order valence-corrected chi connectivity index (χ3v) is 9.79. The summed E-state index contributed by atoms with van der Waals surface area (Å²) in [5.41, 5.74) is 12.1. The van der Waals surface area contributed by atoms with Crippen molar-refractivity contribution < 1.29 is 4.42 Å². The normalized spacial score (nSPS) is 11.6. The molecule has 0 aliphatic carbocycles. The van der Waals surface area contributed by atoms with E-state index in [4.69, 9.17) is 4.42 Å². The Bertz CT molecular complexity index is 2810. The number of rotatable bonds is 5. The van der Waals surface area contributed by atoms with E-state index in [0.717, 1.165) is 27.9 Å². The molecule has 0 fully saturated rings. The van der Waals surface area contributed by atoms with Gasteiger partial charge in [-0.25, -0.2) is 4.98 Å². The van der Waals surface area contributed by atoms with E-state index in [-0.39, 0.29) is 0 Å². The van der Waals surface area contributed by atoms with Crippen molar-refractivity contribution in [2.45, 2.75) is 0 Å². The van der Waals surface area contributed by atoms with E-state index in [1.807, 2.05) is 24.3 Å². The van der Waals surface area contributed by atoms with Crippen molar-refractivity contribution in [2.75, 3.05) is 0 Å². The Morgan fingerprint density at radius 2 is 1.06 bits per heavy atom. The molecule has 0 atom stereocenters. The summed E-state index contributed by atoms with van der Waals surface area (Å²) in [5.74, 6) is 0.636. The highest BCUT2D eigenvalue weighted by Crippen LogP contribution is 2.44. The molecule has 0 saturated carbocycles. The van der Waals surface area contributed by atoms with Gasteiger partial charge in [-0.1, -0.05) is 127 Å². The van der Waals surface area contributed by atoms with E-state index >= 15 is 0 Å². The molecule has 2 heterocycles. The van der Waals surface area contributed by atoms with E-state index in [9.17, 15) is 0 Å². The van der Waals surface area contributed by atoms with Crippen LogP contribution < -0.4 is 0 Å².